The minimum atomic E-state index is 0.945. The van der Waals surface area contributed by atoms with Crippen LogP contribution in [0.2, 0.25) is 0 Å². The molecule has 3 rings (SSSR count). The van der Waals surface area contributed by atoms with Gasteiger partial charge in [0.05, 0.1) is 21.4 Å². The van der Waals surface area contributed by atoms with Gasteiger partial charge in [-0.2, -0.15) is 0 Å². The second-order valence-electron chi connectivity index (χ2n) is 5.62. The van der Waals surface area contributed by atoms with E-state index in [9.17, 15) is 0 Å². The zero-order valence-corrected chi connectivity index (χ0v) is 15.7. The van der Waals surface area contributed by atoms with Crippen molar-refractivity contribution in [3.63, 3.8) is 0 Å². The van der Waals surface area contributed by atoms with E-state index < -0.39 is 0 Å². The Kier molecular flexibility index (Phi) is 6.04. The predicted octanol–water partition coefficient (Wildman–Crippen LogP) is 4.13. The number of allylic oxidation sites excluding steroid dienone is 2. The monoisotopic (exact) mass is 358 g/mol. The molecule has 24 heavy (non-hydrogen) atoms. The molecule has 2 aliphatic heterocycles. The molecule has 0 N–H and O–H groups in total. The first-order valence-electron chi connectivity index (χ1n) is 7.99. The van der Waals surface area contributed by atoms with Crippen molar-refractivity contribution in [1.82, 2.24) is 9.80 Å². The topological polar surface area (TPSA) is 31.2 Å². The van der Waals surface area contributed by atoms with Crippen molar-refractivity contribution in [2.75, 3.05) is 38.7 Å². The maximum atomic E-state index is 4.48. The lowest BCUT2D eigenvalue weighted by Crippen LogP contribution is -2.10. The number of thioether (sulfide) groups is 2. The number of aliphatic imine (C=N–C) groups is 2. The van der Waals surface area contributed by atoms with Crippen molar-refractivity contribution < 1.29 is 0 Å². The fraction of sp³-hybridized carbons (Fsp3) is 0.333. The molecule has 0 bridgehead atoms. The number of hydrogen-bond acceptors (Lipinski definition) is 6. The third kappa shape index (κ3) is 4.68. The van der Waals surface area contributed by atoms with Crippen LogP contribution < -0.4 is 0 Å². The highest BCUT2D eigenvalue weighted by Gasteiger charge is 2.12. The van der Waals surface area contributed by atoms with Crippen LogP contribution in [0.25, 0.3) is 0 Å². The Balaban J connectivity index is 1.57. The van der Waals surface area contributed by atoms with E-state index in [1.54, 1.807) is 0 Å². The third-order valence-corrected chi connectivity index (χ3v) is 6.10. The Morgan fingerprint density at radius 3 is 1.54 bits per heavy atom. The highest BCUT2D eigenvalue weighted by molar-refractivity contribution is 8.03. The van der Waals surface area contributed by atoms with E-state index in [4.69, 9.17) is 0 Å². The van der Waals surface area contributed by atoms with E-state index in [-0.39, 0.29) is 0 Å². The summed E-state index contributed by atoms with van der Waals surface area (Å²) in [5.41, 5.74) is 1.89. The predicted molar refractivity (Wildman–Crippen MR) is 109 cm³/mol. The van der Waals surface area contributed by atoms with Crippen molar-refractivity contribution in [2.45, 2.75) is 0 Å². The van der Waals surface area contributed by atoms with Gasteiger partial charge in [0.1, 0.15) is 0 Å². The standard InChI is InChI=1S/C18H22N4S2/c1-21-11-13-23-17(21)7-9-19-15-3-5-16(6-4-15)20-10-8-18-22(2)12-14-24-18/h3-10H,11-14H2,1-2H3. The second-order valence-corrected chi connectivity index (χ2v) is 7.85. The lowest BCUT2D eigenvalue weighted by Gasteiger charge is -2.09. The van der Waals surface area contributed by atoms with Gasteiger partial charge in [0.2, 0.25) is 0 Å². The zero-order valence-electron chi connectivity index (χ0n) is 14.1. The Bertz CT molecular complexity index is 618. The molecule has 2 aliphatic rings. The van der Waals surface area contributed by atoms with Crippen molar-refractivity contribution in [3.8, 4) is 0 Å². The highest BCUT2D eigenvalue weighted by atomic mass is 32.2. The van der Waals surface area contributed by atoms with Crippen LogP contribution in [0.3, 0.4) is 0 Å². The second kappa shape index (κ2) is 8.44. The quantitative estimate of drug-likeness (QED) is 0.757. The van der Waals surface area contributed by atoms with Crippen molar-refractivity contribution in [1.29, 1.82) is 0 Å². The van der Waals surface area contributed by atoms with Crippen molar-refractivity contribution in [2.24, 2.45) is 9.98 Å². The molecule has 1 aromatic carbocycles. The molecule has 0 aromatic heterocycles. The van der Waals surface area contributed by atoms with Crippen molar-refractivity contribution in [3.05, 3.63) is 46.5 Å². The lowest BCUT2D eigenvalue weighted by molar-refractivity contribution is 0.493. The molecule has 2 saturated heterocycles. The summed E-state index contributed by atoms with van der Waals surface area (Å²) in [6.45, 7) is 2.23. The maximum Gasteiger partial charge on any atom is 0.0721 e. The number of benzene rings is 1. The van der Waals surface area contributed by atoms with Crippen LogP contribution in [0.4, 0.5) is 11.4 Å². The largest absolute Gasteiger partial charge is 0.369 e. The van der Waals surface area contributed by atoms with Gasteiger partial charge in [0, 0.05) is 51.1 Å². The summed E-state index contributed by atoms with van der Waals surface area (Å²) in [6.07, 6.45) is 7.90. The van der Waals surface area contributed by atoms with E-state index in [1.165, 1.54) is 10.1 Å². The van der Waals surface area contributed by atoms with Crippen molar-refractivity contribution >= 4 is 47.3 Å². The Hall–Kier alpha value is -1.66. The van der Waals surface area contributed by atoms with E-state index in [2.05, 4.69) is 46.0 Å². The molecule has 1 aromatic rings. The summed E-state index contributed by atoms with van der Waals surface area (Å²) in [4.78, 5) is 13.5. The Morgan fingerprint density at radius 2 is 1.21 bits per heavy atom. The highest BCUT2D eigenvalue weighted by Crippen LogP contribution is 2.26. The van der Waals surface area contributed by atoms with E-state index in [0.29, 0.717) is 0 Å². The van der Waals surface area contributed by atoms with E-state index in [1.807, 2.05) is 60.2 Å². The molecule has 2 heterocycles. The number of hydrogen-bond donors (Lipinski definition) is 0. The normalized spacial score (nSPS) is 22.1. The minimum Gasteiger partial charge on any atom is -0.369 e. The number of nitrogens with zero attached hydrogens (tertiary/aromatic N) is 4. The summed E-state index contributed by atoms with van der Waals surface area (Å²) in [5.74, 6) is 2.32. The molecule has 126 valence electrons. The van der Waals surface area contributed by atoms with Gasteiger partial charge in [-0.1, -0.05) is 0 Å². The minimum absolute atomic E-state index is 0.945. The average molecular weight is 359 g/mol. The molecule has 0 atom stereocenters. The first-order chi connectivity index (χ1) is 11.7. The van der Waals surface area contributed by atoms with Crippen LogP contribution in [-0.4, -0.2) is 60.9 Å². The lowest BCUT2D eigenvalue weighted by atomic mass is 10.3. The van der Waals surface area contributed by atoms with Crippen LogP contribution in [-0.2, 0) is 0 Å². The third-order valence-electron chi connectivity index (χ3n) is 3.84. The average Bonchev–Trinajstić information content (AvgIpc) is 3.18. The van der Waals surface area contributed by atoms with Gasteiger partial charge in [-0.05, 0) is 36.4 Å². The van der Waals surface area contributed by atoms with Crippen LogP contribution in [0.15, 0.2) is 56.5 Å². The molecule has 0 radical (unpaired) electrons. The molecule has 0 saturated carbocycles. The summed E-state index contributed by atoms with van der Waals surface area (Å²) < 4.78 is 0. The smallest absolute Gasteiger partial charge is 0.0721 e. The fourth-order valence-electron chi connectivity index (χ4n) is 2.36. The molecule has 0 unspecified atom stereocenters. The Labute approximate surface area is 152 Å². The van der Waals surface area contributed by atoms with Crippen LogP contribution >= 0.6 is 23.5 Å². The summed E-state index contributed by atoms with van der Waals surface area (Å²) in [6, 6.07) is 7.99. The molecular formula is C18H22N4S2. The first kappa shape index (κ1) is 17.2. The van der Waals surface area contributed by atoms with Gasteiger partial charge in [0.25, 0.3) is 0 Å². The molecule has 0 aliphatic carbocycles. The molecule has 4 nitrogen and oxygen atoms in total. The van der Waals surface area contributed by atoms with Gasteiger partial charge in [-0.3, -0.25) is 9.98 Å². The van der Waals surface area contributed by atoms with Gasteiger partial charge in [0.15, 0.2) is 0 Å². The van der Waals surface area contributed by atoms with Gasteiger partial charge in [-0.15, -0.1) is 23.5 Å². The van der Waals surface area contributed by atoms with Gasteiger partial charge >= 0.3 is 0 Å². The van der Waals surface area contributed by atoms with Crippen LogP contribution in [0.5, 0.6) is 0 Å². The van der Waals surface area contributed by atoms with E-state index in [0.717, 1.165) is 36.0 Å². The maximum absolute atomic E-state index is 4.48. The van der Waals surface area contributed by atoms with Crippen LogP contribution in [0.1, 0.15) is 0 Å². The molecule has 2 fully saturated rings. The molecular weight excluding hydrogens is 336 g/mol. The molecule has 0 spiro atoms. The van der Waals surface area contributed by atoms with Crippen LogP contribution in [0, 0.1) is 0 Å². The summed E-state index contributed by atoms with van der Waals surface area (Å²) in [5, 5.41) is 2.56. The SMILES string of the molecule is CN1CCSC1=CC=Nc1ccc(N=CC=C2SCCN2C)cc1. The Morgan fingerprint density at radius 1 is 0.792 bits per heavy atom. The molecule has 6 heteroatoms. The zero-order chi connectivity index (χ0) is 16.8. The van der Waals surface area contributed by atoms with E-state index >= 15 is 0 Å². The molecule has 0 amide bonds. The van der Waals surface area contributed by atoms with Gasteiger partial charge < -0.3 is 9.80 Å². The summed E-state index contributed by atoms with van der Waals surface area (Å²) >= 11 is 3.75. The first-order valence-corrected chi connectivity index (χ1v) is 9.96. The fourth-order valence-corrected chi connectivity index (χ4v) is 4.45. The van der Waals surface area contributed by atoms with Gasteiger partial charge in [-0.25, -0.2) is 0 Å². The summed E-state index contributed by atoms with van der Waals surface area (Å²) in [7, 11) is 4.23. The number of rotatable bonds is 4.